The molecule has 0 aliphatic carbocycles. The van der Waals surface area contributed by atoms with Gasteiger partial charge in [-0.1, -0.05) is 12.1 Å². The number of halogens is 2. The number of hydrogen-bond acceptors (Lipinski definition) is 5. The summed E-state index contributed by atoms with van der Waals surface area (Å²) in [7, 11) is -2.58. The second-order valence-electron chi connectivity index (χ2n) is 6.01. The third kappa shape index (κ3) is 6.19. The van der Waals surface area contributed by atoms with Crippen molar-refractivity contribution in [2.75, 3.05) is 20.3 Å². The van der Waals surface area contributed by atoms with Gasteiger partial charge in [-0.3, -0.25) is 4.79 Å². The Balaban J connectivity index is 2.18. The summed E-state index contributed by atoms with van der Waals surface area (Å²) < 4.78 is 47.8. The maximum Gasteiger partial charge on any atom is 0.339 e. The van der Waals surface area contributed by atoms with Gasteiger partial charge in [-0.2, -0.15) is 8.42 Å². The number of benzene rings is 2. The van der Waals surface area contributed by atoms with Gasteiger partial charge in [0.2, 0.25) is 5.91 Å². The molecule has 0 aliphatic heterocycles. The smallest absolute Gasteiger partial charge is 0.339 e. The average molecular weight is 430 g/mol. The quantitative estimate of drug-likeness (QED) is 0.452. The van der Waals surface area contributed by atoms with Crippen LogP contribution in [0, 0.1) is 5.82 Å². The molecule has 1 atom stereocenters. The standard InChI is InChI=1S/C19H21ClFNO5S/c1-14(20)19(23)22(10-11-26-2)13-15-4-3-5-17(12-15)27-28(24,25)18-8-6-16(21)7-9-18/h3-9,12,14H,10-11,13H2,1-2H3. The van der Waals surface area contributed by atoms with E-state index in [2.05, 4.69) is 0 Å². The normalized spacial score (nSPS) is 12.4. The molecule has 2 rings (SSSR count). The van der Waals surface area contributed by atoms with Gasteiger partial charge in [-0.25, -0.2) is 4.39 Å². The van der Waals surface area contributed by atoms with E-state index in [9.17, 15) is 17.6 Å². The monoisotopic (exact) mass is 429 g/mol. The topological polar surface area (TPSA) is 72.9 Å². The van der Waals surface area contributed by atoms with Gasteiger partial charge >= 0.3 is 10.1 Å². The van der Waals surface area contributed by atoms with Crippen molar-refractivity contribution >= 4 is 27.6 Å². The molecular formula is C19H21ClFNO5S. The maximum absolute atomic E-state index is 13.0. The van der Waals surface area contributed by atoms with Gasteiger partial charge in [0.15, 0.2) is 0 Å². The van der Waals surface area contributed by atoms with Gasteiger partial charge in [0, 0.05) is 20.2 Å². The van der Waals surface area contributed by atoms with E-state index in [0.29, 0.717) is 18.7 Å². The second kappa shape index (κ2) is 9.86. The van der Waals surface area contributed by atoms with Crippen LogP contribution in [0.2, 0.25) is 0 Å². The Morgan fingerprint density at radius 2 is 1.89 bits per heavy atom. The lowest BCUT2D eigenvalue weighted by atomic mass is 10.2. The lowest BCUT2D eigenvalue weighted by Crippen LogP contribution is -2.37. The molecule has 1 unspecified atom stereocenters. The molecule has 0 aliphatic rings. The van der Waals surface area contributed by atoms with Gasteiger partial charge in [0.05, 0.1) is 6.61 Å². The van der Waals surface area contributed by atoms with E-state index in [-0.39, 0.29) is 23.1 Å². The third-order valence-corrected chi connectivity index (χ3v) is 5.25. The molecule has 9 heteroatoms. The number of nitrogens with zero attached hydrogens (tertiary/aromatic N) is 1. The highest BCUT2D eigenvalue weighted by atomic mass is 35.5. The predicted octanol–water partition coefficient (Wildman–Crippen LogP) is 3.20. The van der Waals surface area contributed by atoms with Crippen molar-refractivity contribution in [2.45, 2.75) is 23.7 Å². The number of carbonyl (C=O) groups is 1. The van der Waals surface area contributed by atoms with E-state index in [1.54, 1.807) is 19.1 Å². The highest BCUT2D eigenvalue weighted by molar-refractivity contribution is 7.87. The van der Waals surface area contributed by atoms with E-state index in [4.69, 9.17) is 20.5 Å². The van der Waals surface area contributed by atoms with E-state index < -0.39 is 21.3 Å². The lowest BCUT2D eigenvalue weighted by molar-refractivity contribution is -0.131. The van der Waals surface area contributed by atoms with Crippen molar-refractivity contribution in [3.05, 3.63) is 59.9 Å². The van der Waals surface area contributed by atoms with Crippen LogP contribution >= 0.6 is 11.6 Å². The Kier molecular flexibility index (Phi) is 7.79. The highest BCUT2D eigenvalue weighted by Crippen LogP contribution is 2.21. The molecule has 0 radical (unpaired) electrons. The number of amides is 1. The van der Waals surface area contributed by atoms with Gasteiger partial charge in [0.1, 0.15) is 21.8 Å². The van der Waals surface area contributed by atoms with Crippen LogP contribution in [0.15, 0.2) is 53.4 Å². The van der Waals surface area contributed by atoms with Crippen LogP contribution < -0.4 is 4.18 Å². The molecule has 0 spiro atoms. The summed E-state index contributed by atoms with van der Waals surface area (Å²) in [6, 6.07) is 10.7. The summed E-state index contributed by atoms with van der Waals surface area (Å²) in [5.41, 5.74) is 0.661. The minimum absolute atomic E-state index is 0.0832. The van der Waals surface area contributed by atoms with Crippen molar-refractivity contribution in [3.63, 3.8) is 0 Å². The molecule has 6 nitrogen and oxygen atoms in total. The third-order valence-electron chi connectivity index (χ3n) is 3.80. The first kappa shape index (κ1) is 22.1. The van der Waals surface area contributed by atoms with Gasteiger partial charge < -0.3 is 13.8 Å². The van der Waals surface area contributed by atoms with Crippen LogP contribution in [0.5, 0.6) is 5.75 Å². The molecule has 2 aromatic rings. The molecule has 152 valence electrons. The van der Waals surface area contributed by atoms with Crippen molar-refractivity contribution < 1.29 is 26.5 Å². The largest absolute Gasteiger partial charge is 0.383 e. The number of hydrogen-bond donors (Lipinski definition) is 0. The van der Waals surface area contributed by atoms with Crippen molar-refractivity contribution in [1.82, 2.24) is 4.90 Å². The Labute approximate surface area is 168 Å². The highest BCUT2D eigenvalue weighted by Gasteiger charge is 2.20. The van der Waals surface area contributed by atoms with Gasteiger partial charge in [-0.05, 0) is 48.9 Å². The van der Waals surface area contributed by atoms with Crippen molar-refractivity contribution in [3.8, 4) is 5.75 Å². The van der Waals surface area contributed by atoms with E-state index in [1.807, 2.05) is 0 Å². The summed E-state index contributed by atoms with van der Waals surface area (Å²) in [5, 5.41) is -0.699. The minimum atomic E-state index is -4.11. The Morgan fingerprint density at radius 1 is 1.21 bits per heavy atom. The SMILES string of the molecule is COCCN(Cc1cccc(OS(=O)(=O)c2ccc(F)cc2)c1)C(=O)C(C)Cl. The van der Waals surface area contributed by atoms with E-state index >= 15 is 0 Å². The zero-order valence-electron chi connectivity index (χ0n) is 15.5. The molecule has 0 fully saturated rings. The Hall–Kier alpha value is -2.16. The molecule has 0 saturated heterocycles. The predicted molar refractivity (Wildman–Crippen MR) is 103 cm³/mol. The molecule has 2 aromatic carbocycles. The number of methoxy groups -OCH3 is 1. The van der Waals surface area contributed by atoms with Crippen LogP contribution in [0.4, 0.5) is 4.39 Å². The number of carbonyl (C=O) groups excluding carboxylic acids is 1. The molecule has 0 N–H and O–H groups in total. The first-order chi connectivity index (χ1) is 13.2. The second-order valence-corrected chi connectivity index (χ2v) is 8.21. The van der Waals surface area contributed by atoms with Crippen LogP contribution in [-0.2, 0) is 26.2 Å². The first-order valence-corrected chi connectivity index (χ1v) is 10.3. The van der Waals surface area contributed by atoms with Gasteiger partial charge in [-0.15, -0.1) is 11.6 Å². The fourth-order valence-corrected chi connectivity index (χ4v) is 3.47. The molecule has 28 heavy (non-hydrogen) atoms. The van der Waals surface area contributed by atoms with E-state index in [1.165, 1.54) is 24.1 Å². The number of rotatable bonds is 9. The zero-order valence-corrected chi connectivity index (χ0v) is 17.0. The van der Waals surface area contributed by atoms with E-state index in [0.717, 1.165) is 24.3 Å². The fraction of sp³-hybridized carbons (Fsp3) is 0.316. The van der Waals surface area contributed by atoms with Crippen LogP contribution in [0.3, 0.4) is 0 Å². The Bertz CT molecular complexity index is 903. The summed E-state index contributed by atoms with van der Waals surface area (Å²) in [4.78, 5) is 13.6. The van der Waals surface area contributed by atoms with Crippen LogP contribution in [0.1, 0.15) is 12.5 Å². The van der Waals surface area contributed by atoms with Gasteiger partial charge in [0.25, 0.3) is 0 Å². The number of alkyl halides is 1. The fourth-order valence-electron chi connectivity index (χ4n) is 2.41. The molecule has 1 amide bonds. The summed E-state index contributed by atoms with van der Waals surface area (Å²) >= 11 is 5.90. The molecule has 0 saturated carbocycles. The first-order valence-electron chi connectivity index (χ1n) is 8.43. The molecule has 0 bridgehead atoms. The summed E-state index contributed by atoms with van der Waals surface area (Å²) in [6.45, 7) is 2.47. The summed E-state index contributed by atoms with van der Waals surface area (Å²) in [6.07, 6.45) is 0. The lowest BCUT2D eigenvalue weighted by Gasteiger charge is -2.24. The number of ether oxygens (including phenoxy) is 1. The average Bonchev–Trinajstić information content (AvgIpc) is 2.64. The zero-order chi connectivity index (χ0) is 20.7. The minimum Gasteiger partial charge on any atom is -0.383 e. The van der Waals surface area contributed by atoms with Crippen molar-refractivity contribution in [2.24, 2.45) is 0 Å². The van der Waals surface area contributed by atoms with Crippen molar-refractivity contribution in [1.29, 1.82) is 0 Å². The summed E-state index contributed by atoms with van der Waals surface area (Å²) in [5.74, 6) is -0.723. The molecular weight excluding hydrogens is 409 g/mol. The maximum atomic E-state index is 13.0. The Morgan fingerprint density at radius 3 is 2.50 bits per heavy atom. The molecule has 0 aromatic heterocycles. The van der Waals surface area contributed by atoms with Crippen LogP contribution in [-0.4, -0.2) is 44.9 Å². The van der Waals surface area contributed by atoms with Crippen LogP contribution in [0.25, 0.3) is 0 Å². The molecule has 0 heterocycles.